The summed E-state index contributed by atoms with van der Waals surface area (Å²) in [6, 6.07) is 18.4. The highest BCUT2D eigenvalue weighted by Crippen LogP contribution is 2.44. The number of carbonyl (C=O) groups excluding carboxylic acids is 1. The van der Waals surface area contributed by atoms with Crippen LogP contribution in [0.25, 0.3) is 17.2 Å². The summed E-state index contributed by atoms with van der Waals surface area (Å²) in [5, 5.41) is 11.8. The van der Waals surface area contributed by atoms with Crippen LogP contribution in [0.3, 0.4) is 0 Å². The molecule has 0 atom stereocenters. The second-order valence-corrected chi connectivity index (χ2v) is 7.71. The second kappa shape index (κ2) is 9.43. The first kappa shape index (κ1) is 23.1. The monoisotopic (exact) mass is 467 g/mol. The third-order valence-corrected chi connectivity index (χ3v) is 5.62. The Balaban J connectivity index is 1.36. The number of carboxylic acids is 1. The van der Waals surface area contributed by atoms with Gasteiger partial charge in [0.05, 0.1) is 11.1 Å². The van der Waals surface area contributed by atoms with E-state index in [4.69, 9.17) is 4.74 Å². The Morgan fingerprint density at radius 3 is 2.18 bits per heavy atom. The minimum absolute atomic E-state index is 0.0107. The van der Waals surface area contributed by atoms with Gasteiger partial charge in [0.1, 0.15) is 6.61 Å². The molecule has 3 aromatic rings. The lowest BCUT2D eigenvalue weighted by Gasteiger charge is -2.14. The number of ether oxygens (including phenoxy) is 1. The molecule has 0 heterocycles. The molecule has 0 radical (unpaired) electrons. The average molecular weight is 467 g/mol. The number of alkyl halides is 3. The third-order valence-electron chi connectivity index (χ3n) is 5.62. The van der Waals surface area contributed by atoms with Crippen LogP contribution in [0, 0.1) is 0 Å². The van der Waals surface area contributed by atoms with Crippen LogP contribution in [0.5, 0.6) is 0 Å². The van der Waals surface area contributed by atoms with Gasteiger partial charge in [-0.25, -0.2) is 9.59 Å². The van der Waals surface area contributed by atoms with Crippen LogP contribution < -0.4 is 5.32 Å². The average Bonchev–Trinajstić information content (AvgIpc) is 3.13. The molecule has 174 valence electrons. The number of nitrogens with one attached hydrogen (secondary N) is 1. The van der Waals surface area contributed by atoms with Crippen molar-refractivity contribution in [2.45, 2.75) is 12.1 Å². The van der Waals surface area contributed by atoms with Crippen molar-refractivity contribution in [1.82, 2.24) is 5.32 Å². The molecular weight excluding hydrogens is 447 g/mol. The molecule has 1 aliphatic carbocycles. The number of amides is 1. The molecule has 0 spiro atoms. The van der Waals surface area contributed by atoms with Gasteiger partial charge in [-0.1, -0.05) is 66.7 Å². The van der Waals surface area contributed by atoms with Gasteiger partial charge in [-0.2, -0.15) is 13.2 Å². The first-order valence-electron chi connectivity index (χ1n) is 10.5. The van der Waals surface area contributed by atoms with E-state index in [1.807, 2.05) is 48.5 Å². The van der Waals surface area contributed by atoms with Crippen LogP contribution in [0.15, 0.2) is 72.8 Å². The number of hydrogen-bond acceptors (Lipinski definition) is 3. The van der Waals surface area contributed by atoms with E-state index in [9.17, 15) is 27.9 Å². The SMILES string of the molecule is O=C(NCC=Cc1ccc(C(F)(F)F)cc1C(=O)O)OCC1c2ccccc2-c2ccccc21. The number of fused-ring (bicyclic) bond motifs is 3. The van der Waals surface area contributed by atoms with Crippen molar-refractivity contribution >= 4 is 18.1 Å². The molecule has 3 aromatic carbocycles. The van der Waals surface area contributed by atoms with Crippen molar-refractivity contribution in [3.63, 3.8) is 0 Å². The maximum Gasteiger partial charge on any atom is 0.416 e. The molecule has 0 aliphatic heterocycles. The number of alkyl carbamates (subject to hydrolysis) is 1. The fourth-order valence-electron chi connectivity index (χ4n) is 4.04. The molecule has 0 saturated heterocycles. The van der Waals surface area contributed by atoms with Gasteiger partial charge < -0.3 is 15.2 Å². The minimum atomic E-state index is -4.64. The van der Waals surface area contributed by atoms with Crippen LogP contribution in [0.2, 0.25) is 0 Å². The normalized spacial score (nSPS) is 12.9. The van der Waals surface area contributed by atoms with Gasteiger partial charge >= 0.3 is 18.2 Å². The van der Waals surface area contributed by atoms with Crippen molar-refractivity contribution in [3.8, 4) is 11.1 Å². The van der Waals surface area contributed by atoms with Gasteiger partial charge in [0, 0.05) is 12.5 Å². The quantitative estimate of drug-likeness (QED) is 0.469. The van der Waals surface area contributed by atoms with Gasteiger partial charge in [0.25, 0.3) is 0 Å². The van der Waals surface area contributed by atoms with Crippen molar-refractivity contribution in [1.29, 1.82) is 0 Å². The molecule has 0 unspecified atom stereocenters. The summed E-state index contributed by atoms with van der Waals surface area (Å²) in [5.74, 6) is -1.56. The van der Waals surface area contributed by atoms with E-state index in [-0.39, 0.29) is 24.6 Å². The number of aromatic carboxylic acids is 1. The smallest absolute Gasteiger partial charge is 0.416 e. The van der Waals surface area contributed by atoms with Crippen LogP contribution >= 0.6 is 0 Å². The van der Waals surface area contributed by atoms with E-state index in [0.29, 0.717) is 6.07 Å². The van der Waals surface area contributed by atoms with Crippen LogP contribution in [-0.2, 0) is 10.9 Å². The minimum Gasteiger partial charge on any atom is -0.478 e. The molecule has 8 heteroatoms. The number of rotatable bonds is 6. The van der Waals surface area contributed by atoms with Crippen molar-refractivity contribution < 1.29 is 32.6 Å². The van der Waals surface area contributed by atoms with Crippen LogP contribution in [0.1, 0.15) is 38.5 Å². The fraction of sp³-hybridized carbons (Fsp3) is 0.154. The molecule has 2 N–H and O–H groups in total. The summed E-state index contributed by atoms with van der Waals surface area (Å²) in [7, 11) is 0. The number of hydrogen-bond donors (Lipinski definition) is 2. The van der Waals surface area contributed by atoms with Crippen molar-refractivity contribution in [3.05, 3.63) is 101 Å². The lowest BCUT2D eigenvalue weighted by molar-refractivity contribution is -0.137. The predicted molar refractivity (Wildman–Crippen MR) is 121 cm³/mol. The Hall–Kier alpha value is -4.07. The van der Waals surface area contributed by atoms with Gasteiger partial charge in [-0.3, -0.25) is 0 Å². The van der Waals surface area contributed by atoms with Crippen LogP contribution in [-0.4, -0.2) is 30.3 Å². The predicted octanol–water partition coefficient (Wildman–Crippen LogP) is 5.96. The van der Waals surface area contributed by atoms with E-state index in [2.05, 4.69) is 5.32 Å². The summed E-state index contributed by atoms with van der Waals surface area (Å²) >= 11 is 0. The van der Waals surface area contributed by atoms with Gasteiger partial charge in [0.15, 0.2) is 0 Å². The Morgan fingerprint density at radius 2 is 1.59 bits per heavy atom. The van der Waals surface area contributed by atoms with E-state index >= 15 is 0 Å². The molecule has 4 rings (SSSR count). The lowest BCUT2D eigenvalue weighted by atomic mass is 9.98. The Morgan fingerprint density at radius 1 is 0.971 bits per heavy atom. The van der Waals surface area contributed by atoms with Gasteiger partial charge in [0.2, 0.25) is 0 Å². The highest BCUT2D eigenvalue weighted by Gasteiger charge is 2.31. The van der Waals surface area contributed by atoms with E-state index in [0.717, 1.165) is 34.4 Å². The first-order valence-corrected chi connectivity index (χ1v) is 10.5. The largest absolute Gasteiger partial charge is 0.478 e. The Bertz CT molecular complexity index is 1220. The molecule has 1 amide bonds. The second-order valence-electron chi connectivity index (χ2n) is 7.71. The summed E-state index contributed by atoms with van der Waals surface area (Å²) < 4.78 is 43.9. The number of benzene rings is 3. The highest BCUT2D eigenvalue weighted by atomic mass is 19.4. The zero-order valence-electron chi connectivity index (χ0n) is 17.8. The third kappa shape index (κ3) is 4.80. The van der Waals surface area contributed by atoms with E-state index < -0.39 is 29.4 Å². The molecular formula is C26H20F3NO4. The molecule has 0 aromatic heterocycles. The number of halogens is 3. The molecule has 0 fully saturated rings. The van der Waals surface area contributed by atoms with Gasteiger partial charge in [-0.05, 0) is 39.9 Å². The zero-order valence-corrected chi connectivity index (χ0v) is 17.8. The lowest BCUT2D eigenvalue weighted by Crippen LogP contribution is -2.26. The summed E-state index contributed by atoms with van der Waals surface area (Å²) in [5.41, 5.74) is 2.96. The number of carbonyl (C=O) groups is 2. The van der Waals surface area contributed by atoms with Crippen LogP contribution in [0.4, 0.5) is 18.0 Å². The topological polar surface area (TPSA) is 75.6 Å². The summed E-state index contributed by atoms with van der Waals surface area (Å²) in [6.45, 7) is 0.155. The Labute approximate surface area is 193 Å². The molecule has 0 bridgehead atoms. The van der Waals surface area contributed by atoms with E-state index in [1.165, 1.54) is 12.2 Å². The highest BCUT2D eigenvalue weighted by molar-refractivity contribution is 5.92. The Kier molecular flexibility index (Phi) is 6.40. The van der Waals surface area contributed by atoms with Crippen molar-refractivity contribution in [2.24, 2.45) is 0 Å². The molecule has 5 nitrogen and oxygen atoms in total. The van der Waals surface area contributed by atoms with Crippen molar-refractivity contribution in [2.75, 3.05) is 13.2 Å². The summed E-state index contributed by atoms with van der Waals surface area (Å²) in [4.78, 5) is 23.5. The first-order chi connectivity index (χ1) is 16.3. The zero-order chi connectivity index (χ0) is 24.3. The fourth-order valence-corrected chi connectivity index (χ4v) is 4.04. The summed E-state index contributed by atoms with van der Waals surface area (Å²) in [6.07, 6.45) is -2.51. The molecule has 0 saturated carbocycles. The maximum absolute atomic E-state index is 12.8. The standard InChI is InChI=1S/C26H20F3NO4/c27-26(28,29)17-12-11-16(22(14-17)24(31)32)6-5-13-30-25(33)34-15-23-20-9-3-1-7-18(20)19-8-2-4-10-21(19)23/h1-12,14,23H,13,15H2,(H,30,33)(H,31,32). The number of carboxylic acid groups (broad SMARTS) is 1. The van der Waals surface area contributed by atoms with E-state index in [1.54, 1.807) is 0 Å². The molecule has 34 heavy (non-hydrogen) atoms. The van der Waals surface area contributed by atoms with Gasteiger partial charge in [-0.15, -0.1) is 0 Å². The molecule has 1 aliphatic rings. The maximum atomic E-state index is 12.8.